The van der Waals surface area contributed by atoms with Crippen LogP contribution in [0.5, 0.6) is 5.75 Å². The number of nitrogens with zero attached hydrogens (tertiary/aromatic N) is 3. The van der Waals surface area contributed by atoms with Gasteiger partial charge in [0, 0.05) is 44.7 Å². The first kappa shape index (κ1) is 20.2. The van der Waals surface area contributed by atoms with Crippen LogP contribution in [0.1, 0.15) is 44.0 Å². The molecule has 7 heteroatoms. The summed E-state index contributed by atoms with van der Waals surface area (Å²) in [7, 11) is 0. The molecule has 1 unspecified atom stereocenters. The van der Waals surface area contributed by atoms with Crippen molar-refractivity contribution in [1.29, 1.82) is 0 Å². The lowest BCUT2D eigenvalue weighted by Crippen LogP contribution is -2.44. The number of carbonyl (C=O) groups is 3. The van der Waals surface area contributed by atoms with E-state index in [2.05, 4.69) is 0 Å². The summed E-state index contributed by atoms with van der Waals surface area (Å²) in [4.78, 5) is 43.2. The monoisotopic (exact) mass is 387 g/mol. The molecule has 2 fully saturated rings. The lowest BCUT2D eigenvalue weighted by Gasteiger charge is -2.32. The molecule has 2 aliphatic heterocycles. The van der Waals surface area contributed by atoms with Crippen LogP contribution in [0.2, 0.25) is 0 Å². The van der Waals surface area contributed by atoms with Crippen LogP contribution in [0.3, 0.4) is 0 Å². The number of benzene rings is 1. The summed E-state index contributed by atoms with van der Waals surface area (Å²) < 4.78 is 0. The van der Waals surface area contributed by atoms with E-state index in [-0.39, 0.29) is 46.9 Å². The van der Waals surface area contributed by atoms with Gasteiger partial charge in [-0.25, -0.2) is 0 Å². The molecule has 0 radical (unpaired) electrons. The summed E-state index contributed by atoms with van der Waals surface area (Å²) >= 11 is 0. The highest BCUT2D eigenvalue weighted by atomic mass is 16.3. The SMILES string of the molecule is CC(C)(C)N1CC(C(=O)N2CCCN(C(=O)c3ccccc3O)CC2)CC1=O. The van der Waals surface area contributed by atoms with Gasteiger partial charge in [0.25, 0.3) is 5.91 Å². The van der Waals surface area contributed by atoms with Gasteiger partial charge < -0.3 is 19.8 Å². The van der Waals surface area contributed by atoms with E-state index in [0.717, 1.165) is 0 Å². The Morgan fingerprint density at radius 1 is 1.04 bits per heavy atom. The average molecular weight is 387 g/mol. The number of hydrogen-bond donors (Lipinski definition) is 1. The van der Waals surface area contributed by atoms with Gasteiger partial charge in [-0.15, -0.1) is 0 Å². The molecule has 1 N–H and O–H groups in total. The molecule has 0 aliphatic carbocycles. The van der Waals surface area contributed by atoms with E-state index in [9.17, 15) is 19.5 Å². The minimum atomic E-state index is -0.313. The van der Waals surface area contributed by atoms with Gasteiger partial charge in [0.2, 0.25) is 11.8 Å². The van der Waals surface area contributed by atoms with Gasteiger partial charge in [0.05, 0.1) is 11.5 Å². The Hall–Kier alpha value is -2.57. The third-order valence-corrected chi connectivity index (χ3v) is 5.51. The van der Waals surface area contributed by atoms with Crippen molar-refractivity contribution < 1.29 is 19.5 Å². The smallest absolute Gasteiger partial charge is 0.257 e. The van der Waals surface area contributed by atoms with Crippen molar-refractivity contribution in [1.82, 2.24) is 14.7 Å². The van der Waals surface area contributed by atoms with Crippen LogP contribution in [0, 0.1) is 5.92 Å². The summed E-state index contributed by atoms with van der Waals surface area (Å²) in [5, 5.41) is 9.93. The van der Waals surface area contributed by atoms with Crippen molar-refractivity contribution in [2.24, 2.45) is 5.92 Å². The van der Waals surface area contributed by atoms with E-state index in [0.29, 0.717) is 39.1 Å². The van der Waals surface area contributed by atoms with Crippen molar-refractivity contribution in [3.8, 4) is 5.75 Å². The zero-order valence-electron chi connectivity index (χ0n) is 16.9. The number of hydrogen-bond acceptors (Lipinski definition) is 4. The molecule has 0 bridgehead atoms. The topological polar surface area (TPSA) is 81.2 Å². The number of para-hydroxylation sites is 1. The first-order chi connectivity index (χ1) is 13.2. The molecule has 7 nitrogen and oxygen atoms in total. The third kappa shape index (κ3) is 4.13. The Morgan fingerprint density at radius 2 is 1.68 bits per heavy atom. The number of rotatable bonds is 2. The Kier molecular flexibility index (Phi) is 5.63. The second kappa shape index (κ2) is 7.81. The molecule has 0 aromatic heterocycles. The predicted octanol–water partition coefficient (Wildman–Crippen LogP) is 1.71. The molecule has 0 saturated carbocycles. The Balaban J connectivity index is 1.62. The molecule has 1 aromatic rings. The fraction of sp³-hybridized carbons (Fsp3) is 0.571. The first-order valence-corrected chi connectivity index (χ1v) is 9.85. The predicted molar refractivity (Wildman–Crippen MR) is 105 cm³/mol. The number of carbonyl (C=O) groups excluding carboxylic acids is 3. The highest BCUT2D eigenvalue weighted by Gasteiger charge is 2.41. The van der Waals surface area contributed by atoms with Gasteiger partial charge in [-0.2, -0.15) is 0 Å². The molecule has 152 valence electrons. The number of phenolic OH excluding ortho intramolecular Hbond substituents is 1. The van der Waals surface area contributed by atoms with Crippen LogP contribution in [-0.4, -0.2) is 75.8 Å². The molecule has 1 atom stereocenters. The third-order valence-electron chi connectivity index (χ3n) is 5.51. The van der Waals surface area contributed by atoms with Crippen LogP contribution in [0.15, 0.2) is 24.3 Å². The molecule has 1 aromatic carbocycles. The van der Waals surface area contributed by atoms with E-state index in [1.807, 2.05) is 20.8 Å². The van der Waals surface area contributed by atoms with Crippen molar-refractivity contribution in [2.75, 3.05) is 32.7 Å². The zero-order valence-corrected chi connectivity index (χ0v) is 16.9. The average Bonchev–Trinajstić information content (AvgIpc) is 2.88. The minimum Gasteiger partial charge on any atom is -0.507 e. The molecule has 28 heavy (non-hydrogen) atoms. The maximum absolute atomic E-state index is 13.0. The number of phenols is 1. The Labute approximate surface area is 165 Å². The van der Waals surface area contributed by atoms with Gasteiger partial charge in [-0.1, -0.05) is 12.1 Å². The Bertz CT molecular complexity index is 771. The largest absolute Gasteiger partial charge is 0.507 e. The fourth-order valence-electron chi connectivity index (χ4n) is 3.95. The molecule has 2 aliphatic rings. The highest BCUT2D eigenvalue weighted by molar-refractivity contribution is 5.97. The molecular weight excluding hydrogens is 358 g/mol. The zero-order chi connectivity index (χ0) is 20.5. The number of aromatic hydroxyl groups is 1. The van der Waals surface area contributed by atoms with Gasteiger partial charge in [-0.3, -0.25) is 14.4 Å². The molecule has 0 spiro atoms. The Morgan fingerprint density at radius 3 is 2.32 bits per heavy atom. The van der Waals surface area contributed by atoms with Crippen LogP contribution in [0.25, 0.3) is 0 Å². The lowest BCUT2D eigenvalue weighted by atomic mass is 10.1. The van der Waals surface area contributed by atoms with E-state index in [1.54, 1.807) is 32.9 Å². The first-order valence-electron chi connectivity index (χ1n) is 9.85. The van der Waals surface area contributed by atoms with Crippen molar-refractivity contribution in [3.05, 3.63) is 29.8 Å². The molecule has 3 amide bonds. The standard InChI is InChI=1S/C21H29N3O4/c1-21(2,3)24-14-15(13-18(24)26)19(27)22-9-6-10-23(12-11-22)20(28)16-7-4-5-8-17(16)25/h4-5,7-8,15,25H,6,9-14H2,1-3H3. The van der Waals surface area contributed by atoms with E-state index in [4.69, 9.17) is 0 Å². The molecule has 2 saturated heterocycles. The summed E-state index contributed by atoms with van der Waals surface area (Å²) in [6.07, 6.45) is 0.932. The normalized spacial score (nSPS) is 21.0. The second-order valence-electron chi connectivity index (χ2n) is 8.56. The fourth-order valence-corrected chi connectivity index (χ4v) is 3.95. The lowest BCUT2D eigenvalue weighted by molar-refractivity contribution is -0.135. The van der Waals surface area contributed by atoms with E-state index < -0.39 is 0 Å². The van der Waals surface area contributed by atoms with Gasteiger partial charge in [-0.05, 0) is 39.3 Å². The maximum Gasteiger partial charge on any atom is 0.257 e. The highest BCUT2D eigenvalue weighted by Crippen LogP contribution is 2.27. The van der Waals surface area contributed by atoms with Crippen LogP contribution in [-0.2, 0) is 9.59 Å². The molecule has 2 heterocycles. The van der Waals surface area contributed by atoms with Gasteiger partial charge >= 0.3 is 0 Å². The number of likely N-dealkylation sites (tertiary alicyclic amines) is 1. The molecular formula is C21H29N3O4. The maximum atomic E-state index is 13.0. The minimum absolute atomic E-state index is 0.00282. The summed E-state index contributed by atoms with van der Waals surface area (Å²) in [6.45, 7) is 8.36. The van der Waals surface area contributed by atoms with E-state index >= 15 is 0 Å². The van der Waals surface area contributed by atoms with Gasteiger partial charge in [0.15, 0.2) is 0 Å². The number of amides is 3. The van der Waals surface area contributed by atoms with Crippen molar-refractivity contribution in [2.45, 2.75) is 39.2 Å². The summed E-state index contributed by atoms with van der Waals surface area (Å²) in [5.41, 5.74) is -0.00398. The van der Waals surface area contributed by atoms with Crippen molar-refractivity contribution in [3.63, 3.8) is 0 Å². The molecule has 3 rings (SSSR count). The van der Waals surface area contributed by atoms with Gasteiger partial charge in [0.1, 0.15) is 5.75 Å². The summed E-state index contributed by atoms with van der Waals surface area (Å²) in [5.74, 6) is -0.542. The quantitative estimate of drug-likeness (QED) is 0.838. The van der Waals surface area contributed by atoms with Crippen molar-refractivity contribution >= 4 is 17.7 Å². The van der Waals surface area contributed by atoms with E-state index in [1.165, 1.54) is 6.07 Å². The van der Waals surface area contributed by atoms with Crippen LogP contribution < -0.4 is 0 Å². The second-order valence-corrected chi connectivity index (χ2v) is 8.56. The van der Waals surface area contributed by atoms with Crippen LogP contribution >= 0.6 is 0 Å². The van der Waals surface area contributed by atoms with Crippen LogP contribution in [0.4, 0.5) is 0 Å². The summed E-state index contributed by atoms with van der Waals surface area (Å²) in [6, 6.07) is 6.51.